The van der Waals surface area contributed by atoms with Crippen LogP contribution in [0.2, 0.25) is 0 Å². The van der Waals surface area contributed by atoms with Gasteiger partial charge in [0.15, 0.2) is 11.5 Å². The number of amides is 1. The Balaban J connectivity index is 0.00000153. The molecular weight excluding hydrogens is 456 g/mol. The van der Waals surface area contributed by atoms with Crippen LogP contribution < -0.4 is 9.47 Å². The first kappa shape index (κ1) is 25.6. The van der Waals surface area contributed by atoms with Crippen LogP contribution in [-0.4, -0.2) is 61.4 Å². The average molecular weight is 491 g/mol. The van der Waals surface area contributed by atoms with Gasteiger partial charge in [-0.3, -0.25) is 9.80 Å². The van der Waals surface area contributed by atoms with Crippen LogP contribution in [0.15, 0.2) is 54.6 Å². The molecule has 8 heteroatoms. The van der Waals surface area contributed by atoms with E-state index in [4.69, 9.17) is 14.2 Å². The van der Waals surface area contributed by atoms with Gasteiger partial charge in [0.1, 0.15) is 19.3 Å². The fourth-order valence-electron chi connectivity index (χ4n) is 4.87. The van der Waals surface area contributed by atoms with E-state index < -0.39 is 0 Å². The van der Waals surface area contributed by atoms with Gasteiger partial charge in [0.25, 0.3) is 0 Å². The Labute approximate surface area is 210 Å². The van der Waals surface area contributed by atoms with E-state index in [0.29, 0.717) is 19.1 Å². The summed E-state index contributed by atoms with van der Waals surface area (Å²) in [5, 5.41) is 0. The van der Waals surface area contributed by atoms with Crippen molar-refractivity contribution in [1.82, 2.24) is 9.80 Å². The molecule has 3 heterocycles. The molecule has 0 N–H and O–H groups in total. The summed E-state index contributed by atoms with van der Waals surface area (Å²) in [7, 11) is 0. The fourth-order valence-corrected chi connectivity index (χ4v) is 4.87. The van der Waals surface area contributed by atoms with Crippen LogP contribution in [0.5, 0.6) is 11.5 Å². The number of hydrogen-bond acceptors (Lipinski definition) is 5. The molecule has 2 aromatic carbocycles. The smallest absolute Gasteiger partial charge is 0.410 e. The fraction of sp³-hybridized carbons (Fsp3) is 0.480. The first-order valence-corrected chi connectivity index (χ1v) is 11.4. The number of carbonyl (C=O) groups excluding carboxylic acids is 1. The Kier molecular flexibility index (Phi) is 9.23. The number of cyclic esters (lactones) is 1. The number of benzene rings is 2. The molecule has 2 aromatic rings. The molecule has 180 valence electrons. The highest BCUT2D eigenvalue weighted by molar-refractivity contribution is 7.59. The first-order chi connectivity index (χ1) is 15.3. The third-order valence-electron chi connectivity index (χ3n) is 6.67. The van der Waals surface area contributed by atoms with Crippen molar-refractivity contribution in [2.75, 3.05) is 39.4 Å². The van der Waals surface area contributed by atoms with Crippen molar-refractivity contribution in [3.63, 3.8) is 0 Å². The molecule has 0 spiro atoms. The number of piperidine rings is 1. The summed E-state index contributed by atoms with van der Waals surface area (Å²) in [5.74, 6) is 2.33. The van der Waals surface area contributed by atoms with Gasteiger partial charge in [-0.25, -0.2) is 4.79 Å². The molecule has 2 fully saturated rings. The minimum atomic E-state index is -0.180. The molecule has 6 nitrogen and oxygen atoms in total. The Hall–Kier alpha value is -2.03. The van der Waals surface area contributed by atoms with Crippen LogP contribution in [-0.2, 0) is 4.74 Å². The Bertz CT molecular complexity index is 893. The predicted molar refractivity (Wildman–Crippen MR) is 138 cm³/mol. The molecule has 2 atom stereocenters. The lowest BCUT2D eigenvalue weighted by molar-refractivity contribution is 0.0466. The van der Waals surface area contributed by atoms with Gasteiger partial charge in [-0.1, -0.05) is 42.5 Å². The maximum atomic E-state index is 12.3. The minimum absolute atomic E-state index is 0. The summed E-state index contributed by atoms with van der Waals surface area (Å²) >= 11 is 0. The van der Waals surface area contributed by atoms with Crippen LogP contribution in [0, 0.1) is 5.92 Å². The van der Waals surface area contributed by atoms with Crippen molar-refractivity contribution in [2.24, 2.45) is 5.92 Å². The summed E-state index contributed by atoms with van der Waals surface area (Å²) in [6.45, 7) is 4.86. The van der Waals surface area contributed by atoms with Gasteiger partial charge >= 0.3 is 6.09 Å². The van der Waals surface area contributed by atoms with E-state index >= 15 is 0 Å². The maximum Gasteiger partial charge on any atom is 0.410 e. The second-order valence-electron chi connectivity index (χ2n) is 8.73. The summed E-state index contributed by atoms with van der Waals surface area (Å²) in [5.41, 5.74) is 1.15. The standard InChI is InChI=1S/C25H30N2O4.2H2S/c28-25-27(22(18-30-25)20-6-2-1-3-7-20)15-12-19-10-13-26(14-11-19)16-21-17-29-23-8-4-5-9-24(23)31-21;;/h1-9,19,21-22H,10-18H2;2*1H2/t21-,22+;;/m0../s1. The lowest BCUT2D eigenvalue weighted by atomic mass is 9.93. The Morgan fingerprint density at radius 1 is 0.848 bits per heavy atom. The second-order valence-corrected chi connectivity index (χ2v) is 8.73. The SMILES string of the molecule is O=C1OC[C@H](c2ccccc2)N1CCC1CCN(C[C@H]2COc3ccccc3O2)CC1.S.S. The lowest BCUT2D eigenvalue weighted by Gasteiger charge is -2.36. The van der Waals surface area contributed by atoms with Crippen molar-refractivity contribution in [3.05, 3.63) is 60.2 Å². The first-order valence-electron chi connectivity index (χ1n) is 11.4. The largest absolute Gasteiger partial charge is 0.486 e. The maximum absolute atomic E-state index is 12.3. The van der Waals surface area contributed by atoms with Gasteiger partial charge in [-0.05, 0) is 56.0 Å². The highest BCUT2D eigenvalue weighted by atomic mass is 32.1. The number of rotatable bonds is 6. The van der Waals surface area contributed by atoms with Crippen molar-refractivity contribution in [1.29, 1.82) is 0 Å². The number of likely N-dealkylation sites (tertiary alicyclic amines) is 1. The molecule has 1 amide bonds. The van der Waals surface area contributed by atoms with Crippen LogP contribution >= 0.6 is 27.0 Å². The second kappa shape index (κ2) is 11.9. The number of hydrogen-bond donors (Lipinski definition) is 0. The zero-order chi connectivity index (χ0) is 21.0. The topological polar surface area (TPSA) is 51.2 Å². The van der Waals surface area contributed by atoms with Crippen LogP contribution in [0.1, 0.15) is 30.9 Å². The van der Waals surface area contributed by atoms with Crippen LogP contribution in [0.3, 0.4) is 0 Å². The van der Waals surface area contributed by atoms with Gasteiger partial charge in [0.05, 0.1) is 6.04 Å². The predicted octanol–water partition coefficient (Wildman–Crippen LogP) is 4.35. The normalized spacial score (nSPS) is 22.8. The molecule has 0 saturated carbocycles. The molecule has 0 unspecified atom stereocenters. The van der Waals surface area contributed by atoms with E-state index in [-0.39, 0.29) is 45.2 Å². The summed E-state index contributed by atoms with van der Waals surface area (Å²) in [6.07, 6.45) is 3.24. The molecule has 2 saturated heterocycles. The van der Waals surface area contributed by atoms with Crippen molar-refractivity contribution in [3.8, 4) is 11.5 Å². The highest BCUT2D eigenvalue weighted by Crippen LogP contribution is 2.32. The van der Waals surface area contributed by atoms with Crippen molar-refractivity contribution >= 4 is 33.1 Å². The van der Waals surface area contributed by atoms with E-state index in [1.165, 1.54) is 0 Å². The van der Waals surface area contributed by atoms with Gasteiger partial charge in [-0.2, -0.15) is 27.0 Å². The van der Waals surface area contributed by atoms with E-state index in [2.05, 4.69) is 17.0 Å². The molecule has 3 aliphatic heterocycles. The lowest BCUT2D eigenvalue weighted by Crippen LogP contribution is -2.44. The third-order valence-corrected chi connectivity index (χ3v) is 6.67. The molecule has 33 heavy (non-hydrogen) atoms. The van der Waals surface area contributed by atoms with Crippen LogP contribution in [0.25, 0.3) is 0 Å². The number of ether oxygens (including phenoxy) is 3. The van der Waals surface area contributed by atoms with Crippen molar-refractivity contribution in [2.45, 2.75) is 31.4 Å². The summed E-state index contributed by atoms with van der Waals surface area (Å²) < 4.78 is 17.3. The number of fused-ring (bicyclic) bond motifs is 1. The molecule has 3 aliphatic rings. The third kappa shape index (κ3) is 6.11. The van der Waals surface area contributed by atoms with Gasteiger partial charge < -0.3 is 14.2 Å². The molecule has 0 radical (unpaired) electrons. The minimum Gasteiger partial charge on any atom is -0.486 e. The number of para-hydroxylation sites is 2. The number of nitrogens with zero attached hydrogens (tertiary/aromatic N) is 2. The van der Waals surface area contributed by atoms with Gasteiger partial charge in [0.2, 0.25) is 0 Å². The zero-order valence-electron chi connectivity index (χ0n) is 18.8. The molecule has 0 aromatic heterocycles. The van der Waals surface area contributed by atoms with Crippen molar-refractivity contribution < 1.29 is 19.0 Å². The monoisotopic (exact) mass is 490 g/mol. The molecule has 0 aliphatic carbocycles. The van der Waals surface area contributed by atoms with Gasteiger partial charge in [-0.15, -0.1) is 0 Å². The molecule has 0 bridgehead atoms. The van der Waals surface area contributed by atoms with Gasteiger partial charge in [0, 0.05) is 13.1 Å². The van der Waals surface area contributed by atoms with E-state index in [0.717, 1.165) is 62.5 Å². The Morgan fingerprint density at radius 2 is 1.55 bits per heavy atom. The number of carbonyl (C=O) groups is 1. The summed E-state index contributed by atoms with van der Waals surface area (Å²) in [4.78, 5) is 16.7. The zero-order valence-corrected chi connectivity index (χ0v) is 20.8. The van der Waals surface area contributed by atoms with E-state index in [1.807, 2.05) is 47.4 Å². The quantitative estimate of drug-likeness (QED) is 0.603. The molecule has 5 rings (SSSR count). The Morgan fingerprint density at radius 3 is 2.30 bits per heavy atom. The highest BCUT2D eigenvalue weighted by Gasteiger charge is 2.34. The van der Waals surface area contributed by atoms with E-state index in [9.17, 15) is 4.79 Å². The average Bonchev–Trinajstić information content (AvgIpc) is 3.19. The summed E-state index contributed by atoms with van der Waals surface area (Å²) in [6, 6.07) is 18.1. The van der Waals surface area contributed by atoms with E-state index in [1.54, 1.807) is 0 Å². The van der Waals surface area contributed by atoms with Crippen LogP contribution in [0.4, 0.5) is 4.79 Å². The molecular formula is C25H34N2O4S2.